The van der Waals surface area contributed by atoms with Gasteiger partial charge < -0.3 is 10.0 Å². The molecule has 2 aromatic carbocycles. The minimum absolute atomic E-state index is 0.0709. The lowest BCUT2D eigenvalue weighted by molar-refractivity contribution is 0.0697. The van der Waals surface area contributed by atoms with Crippen molar-refractivity contribution in [1.82, 2.24) is 4.98 Å². The van der Waals surface area contributed by atoms with Gasteiger partial charge in [-0.1, -0.05) is 36.4 Å². The first-order chi connectivity index (χ1) is 14.7. The summed E-state index contributed by atoms with van der Waals surface area (Å²) in [6, 6.07) is 16.0. The molecule has 0 amide bonds. The summed E-state index contributed by atoms with van der Waals surface area (Å²) in [6.45, 7) is 6.56. The summed E-state index contributed by atoms with van der Waals surface area (Å²) < 4.78 is 28.1. The number of sulfonamides is 1. The summed E-state index contributed by atoms with van der Waals surface area (Å²) in [4.78, 5) is 18.2. The fourth-order valence-corrected chi connectivity index (χ4v) is 4.59. The van der Waals surface area contributed by atoms with E-state index in [9.17, 15) is 18.3 Å². The average molecular weight is 440 g/mol. The van der Waals surface area contributed by atoms with E-state index in [1.54, 1.807) is 12.1 Å². The van der Waals surface area contributed by atoms with Crippen LogP contribution >= 0.6 is 0 Å². The second kappa shape index (κ2) is 9.18. The van der Waals surface area contributed by atoms with Crippen LogP contribution in [-0.2, 0) is 16.6 Å². The van der Waals surface area contributed by atoms with E-state index < -0.39 is 16.0 Å². The topological polar surface area (TPSA) is 99.6 Å². The van der Waals surface area contributed by atoms with Gasteiger partial charge in [0.25, 0.3) is 10.0 Å². The van der Waals surface area contributed by atoms with E-state index in [0.29, 0.717) is 13.1 Å². The minimum Gasteiger partial charge on any atom is -0.478 e. The maximum atomic E-state index is 12.8. The van der Waals surface area contributed by atoms with E-state index in [-0.39, 0.29) is 22.0 Å². The van der Waals surface area contributed by atoms with Gasteiger partial charge in [0.05, 0.1) is 16.8 Å². The second-order valence-electron chi connectivity index (χ2n) is 7.33. The maximum Gasteiger partial charge on any atom is 0.339 e. The Morgan fingerprint density at radius 1 is 1.06 bits per heavy atom. The molecule has 8 heteroatoms. The Kier molecular flexibility index (Phi) is 6.60. The molecule has 0 aliphatic heterocycles. The second-order valence-corrected chi connectivity index (χ2v) is 9.01. The Hall–Kier alpha value is -3.39. The highest BCUT2D eigenvalue weighted by Crippen LogP contribution is 2.25. The number of anilines is 2. The van der Waals surface area contributed by atoms with Crippen LogP contribution in [0.1, 0.15) is 34.0 Å². The van der Waals surface area contributed by atoms with Crippen LogP contribution in [0.15, 0.2) is 65.7 Å². The molecule has 0 fully saturated rings. The minimum atomic E-state index is -3.88. The molecule has 0 spiro atoms. The summed E-state index contributed by atoms with van der Waals surface area (Å²) in [6.07, 6.45) is 1.34. The van der Waals surface area contributed by atoms with E-state index in [4.69, 9.17) is 0 Å². The lowest BCUT2D eigenvalue weighted by atomic mass is 10.2. The van der Waals surface area contributed by atoms with Crippen molar-refractivity contribution in [2.24, 2.45) is 0 Å². The Balaban J connectivity index is 1.93. The first-order valence-electron chi connectivity index (χ1n) is 9.83. The van der Waals surface area contributed by atoms with E-state index >= 15 is 0 Å². The molecule has 3 rings (SSSR count). The molecule has 2 N–H and O–H groups in total. The van der Waals surface area contributed by atoms with Gasteiger partial charge in [-0.05, 0) is 55.7 Å². The maximum absolute atomic E-state index is 12.8. The van der Waals surface area contributed by atoms with Crippen LogP contribution in [0.3, 0.4) is 0 Å². The van der Waals surface area contributed by atoms with Crippen LogP contribution in [0.2, 0.25) is 0 Å². The summed E-state index contributed by atoms with van der Waals surface area (Å²) in [5.74, 6) is -0.894. The van der Waals surface area contributed by atoms with Crippen molar-refractivity contribution in [3.05, 3.63) is 83.0 Å². The summed E-state index contributed by atoms with van der Waals surface area (Å²) in [5.41, 5.74) is 2.68. The molecule has 7 nitrogen and oxygen atoms in total. The third-order valence-corrected chi connectivity index (χ3v) is 6.11. The van der Waals surface area contributed by atoms with Gasteiger partial charge in [-0.15, -0.1) is 0 Å². The highest BCUT2D eigenvalue weighted by Gasteiger charge is 2.21. The van der Waals surface area contributed by atoms with Crippen molar-refractivity contribution >= 4 is 27.5 Å². The lowest BCUT2D eigenvalue weighted by Gasteiger charge is -2.24. The number of pyridine rings is 1. The summed E-state index contributed by atoms with van der Waals surface area (Å²) >= 11 is 0. The number of nitrogens with one attached hydrogen (secondary N) is 1. The Morgan fingerprint density at radius 3 is 2.29 bits per heavy atom. The number of carbonyl (C=O) groups is 1. The Labute approximate surface area is 182 Å². The predicted molar refractivity (Wildman–Crippen MR) is 121 cm³/mol. The third kappa shape index (κ3) is 5.40. The molecule has 0 atom stereocenters. The number of aromatic carboxylic acids is 1. The molecule has 0 unspecified atom stereocenters. The molecule has 31 heavy (non-hydrogen) atoms. The molecule has 3 aromatic rings. The monoisotopic (exact) mass is 439 g/mol. The molecular weight excluding hydrogens is 414 g/mol. The first-order valence-corrected chi connectivity index (χ1v) is 11.3. The van der Waals surface area contributed by atoms with Crippen LogP contribution in [-0.4, -0.2) is 31.0 Å². The van der Waals surface area contributed by atoms with Gasteiger partial charge in [0, 0.05) is 13.1 Å². The molecule has 0 saturated carbocycles. The van der Waals surface area contributed by atoms with Crippen LogP contribution in [0.5, 0.6) is 0 Å². The van der Waals surface area contributed by atoms with E-state index in [1.165, 1.54) is 12.3 Å². The summed E-state index contributed by atoms with van der Waals surface area (Å²) in [7, 11) is -3.88. The van der Waals surface area contributed by atoms with Crippen LogP contribution in [0.4, 0.5) is 11.5 Å². The molecule has 162 valence electrons. The molecule has 1 heterocycles. The van der Waals surface area contributed by atoms with Gasteiger partial charge in [0.2, 0.25) is 0 Å². The molecular formula is C23H25N3O4S. The molecule has 0 aliphatic carbocycles. The van der Waals surface area contributed by atoms with Crippen LogP contribution in [0.25, 0.3) is 0 Å². The van der Waals surface area contributed by atoms with Crippen molar-refractivity contribution in [2.45, 2.75) is 32.2 Å². The van der Waals surface area contributed by atoms with Gasteiger partial charge >= 0.3 is 5.97 Å². The van der Waals surface area contributed by atoms with Crippen molar-refractivity contribution < 1.29 is 18.3 Å². The number of hydrogen-bond acceptors (Lipinski definition) is 5. The van der Waals surface area contributed by atoms with E-state index in [1.807, 2.05) is 62.1 Å². The first kappa shape index (κ1) is 22.3. The number of carboxylic acids is 1. The van der Waals surface area contributed by atoms with Crippen molar-refractivity contribution in [1.29, 1.82) is 0 Å². The smallest absolute Gasteiger partial charge is 0.339 e. The van der Waals surface area contributed by atoms with E-state index in [2.05, 4.69) is 9.71 Å². The normalized spacial score (nSPS) is 11.2. The SMILES string of the molecule is CCN(Cc1ccccc1)c1ncc(NS(=O)(=O)c2cc(C)cc(C)c2)cc1C(=O)O. The molecule has 0 bridgehead atoms. The fourth-order valence-electron chi connectivity index (χ4n) is 3.37. The van der Waals surface area contributed by atoms with Gasteiger partial charge in [0.1, 0.15) is 11.4 Å². The Morgan fingerprint density at radius 2 is 1.71 bits per heavy atom. The number of hydrogen-bond donors (Lipinski definition) is 2. The number of nitrogens with zero attached hydrogens (tertiary/aromatic N) is 2. The number of aromatic nitrogens is 1. The average Bonchev–Trinajstić information content (AvgIpc) is 2.72. The molecule has 0 saturated heterocycles. The predicted octanol–water partition coefficient (Wildman–Crippen LogP) is 4.22. The number of rotatable bonds is 8. The highest BCUT2D eigenvalue weighted by atomic mass is 32.2. The van der Waals surface area contributed by atoms with Crippen molar-refractivity contribution in [3.63, 3.8) is 0 Å². The van der Waals surface area contributed by atoms with Gasteiger partial charge in [0.15, 0.2) is 0 Å². The zero-order chi connectivity index (χ0) is 22.6. The van der Waals surface area contributed by atoms with Gasteiger partial charge in [-0.25, -0.2) is 18.2 Å². The molecule has 0 aliphatic rings. The highest BCUT2D eigenvalue weighted by molar-refractivity contribution is 7.92. The molecule has 0 radical (unpaired) electrons. The standard InChI is InChI=1S/C23H25N3O4S/c1-4-26(15-18-8-6-5-7-9-18)22-21(23(27)28)13-19(14-24-22)25-31(29,30)20-11-16(2)10-17(3)12-20/h5-14,25H,4,15H2,1-3H3,(H,27,28). The zero-order valence-electron chi connectivity index (χ0n) is 17.7. The van der Waals surface area contributed by atoms with Crippen LogP contribution < -0.4 is 9.62 Å². The van der Waals surface area contributed by atoms with Gasteiger partial charge in [-0.2, -0.15) is 0 Å². The largest absolute Gasteiger partial charge is 0.478 e. The third-order valence-electron chi connectivity index (χ3n) is 4.75. The number of carboxylic acid groups (broad SMARTS) is 1. The fraction of sp³-hybridized carbons (Fsp3) is 0.217. The van der Waals surface area contributed by atoms with Crippen molar-refractivity contribution in [2.75, 3.05) is 16.2 Å². The zero-order valence-corrected chi connectivity index (χ0v) is 18.5. The molecule has 1 aromatic heterocycles. The number of aryl methyl sites for hydroxylation is 2. The Bertz CT molecular complexity index is 1170. The lowest BCUT2D eigenvalue weighted by Crippen LogP contribution is -2.25. The van der Waals surface area contributed by atoms with E-state index in [0.717, 1.165) is 16.7 Å². The van der Waals surface area contributed by atoms with Gasteiger partial charge in [-0.3, -0.25) is 4.72 Å². The van der Waals surface area contributed by atoms with Crippen LogP contribution in [0, 0.1) is 13.8 Å². The quantitative estimate of drug-likeness (QED) is 0.545. The number of benzene rings is 2. The summed E-state index contributed by atoms with van der Waals surface area (Å²) in [5, 5.41) is 9.74. The van der Waals surface area contributed by atoms with Crippen molar-refractivity contribution in [3.8, 4) is 0 Å².